The molecule has 1 atom stereocenters. The SMILES string of the molecule is COc1ccc(C(=O)N2CCC3(CCN(CCc4ccc(-c5cc6c(-c7cc(F)cc(NC(=O)N8C[CH][C@@H](CC(C)C)C8)c7C)ncnc6[nH]5)cc4)CC3)CC2)cc1N1CCC(=O)NC1=O. The van der Waals surface area contributed by atoms with Crippen molar-refractivity contribution in [2.75, 3.05) is 69.7 Å². The van der Waals surface area contributed by atoms with Gasteiger partial charge in [0.05, 0.1) is 18.5 Å². The monoisotopic (exact) mass is 896 g/mol. The van der Waals surface area contributed by atoms with Crippen molar-refractivity contribution in [3.05, 3.63) is 95.9 Å². The van der Waals surface area contributed by atoms with Gasteiger partial charge in [-0.1, -0.05) is 38.1 Å². The van der Waals surface area contributed by atoms with Crippen molar-refractivity contribution in [2.45, 2.75) is 65.7 Å². The summed E-state index contributed by atoms with van der Waals surface area (Å²) in [5, 5.41) is 6.09. The Morgan fingerprint density at radius 1 is 0.939 bits per heavy atom. The zero-order chi connectivity index (χ0) is 46.1. The number of halogens is 1. The van der Waals surface area contributed by atoms with E-state index in [1.54, 1.807) is 23.1 Å². The first-order chi connectivity index (χ1) is 31.8. The lowest BCUT2D eigenvalue weighted by atomic mass is 9.71. The first-order valence-electron chi connectivity index (χ1n) is 23.3. The summed E-state index contributed by atoms with van der Waals surface area (Å²) in [6.45, 7) is 12.1. The van der Waals surface area contributed by atoms with Gasteiger partial charge < -0.3 is 29.7 Å². The number of benzene rings is 3. The number of aromatic nitrogens is 3. The summed E-state index contributed by atoms with van der Waals surface area (Å²) in [6, 6.07) is 17.9. The molecule has 4 saturated heterocycles. The average molecular weight is 897 g/mol. The molecule has 14 nitrogen and oxygen atoms in total. The smallest absolute Gasteiger partial charge is 0.328 e. The third-order valence-electron chi connectivity index (χ3n) is 14.3. The fourth-order valence-corrected chi connectivity index (χ4v) is 10.3. The standard InChI is InChI=1S/C51H59FN9O5/c1-32(2)25-35-12-19-60(30-35)49(64)56-41-28-38(52)27-39(33(41)3)46-40-29-42(55-47(40)54-31-53-46)36-7-5-34(6-8-36)11-18-58-21-14-51(15-22-58)16-23-59(24-17-51)48(63)37-9-10-44(66-4)43(26-37)61-20-13-45(62)57-50(61)65/h5-10,12,26-29,31-32,35H,11,13-25,30H2,1-4H3,(H,56,64)(H,53,54,55)(H,57,62,65)/t35-/m0/s1. The number of nitrogens with zero attached hydrogens (tertiary/aromatic N) is 6. The van der Waals surface area contributed by atoms with Crippen molar-refractivity contribution in [1.29, 1.82) is 0 Å². The molecule has 1 radical (unpaired) electrons. The van der Waals surface area contributed by atoms with Crippen LogP contribution in [0.1, 0.15) is 73.9 Å². The van der Waals surface area contributed by atoms with Gasteiger partial charge in [0, 0.05) is 73.6 Å². The van der Waals surface area contributed by atoms with E-state index in [1.165, 1.54) is 36.0 Å². The van der Waals surface area contributed by atoms with Gasteiger partial charge >= 0.3 is 12.1 Å². The van der Waals surface area contributed by atoms with Crippen molar-refractivity contribution in [1.82, 2.24) is 35.0 Å². The molecule has 9 rings (SSSR count). The van der Waals surface area contributed by atoms with Crippen LogP contribution in [-0.2, 0) is 11.2 Å². The summed E-state index contributed by atoms with van der Waals surface area (Å²) < 4.78 is 20.7. The lowest BCUT2D eigenvalue weighted by molar-refractivity contribution is -0.120. The Balaban J connectivity index is 0.780. The largest absolute Gasteiger partial charge is 0.495 e. The number of urea groups is 2. The molecule has 6 amide bonds. The molecule has 3 N–H and O–H groups in total. The highest BCUT2D eigenvalue weighted by molar-refractivity contribution is 6.07. The zero-order valence-corrected chi connectivity index (χ0v) is 38.3. The van der Waals surface area contributed by atoms with Gasteiger partial charge in [-0.05, 0) is 135 Å². The van der Waals surface area contributed by atoms with Crippen molar-refractivity contribution >= 4 is 46.3 Å². The van der Waals surface area contributed by atoms with Gasteiger partial charge in [0.2, 0.25) is 5.91 Å². The van der Waals surface area contributed by atoms with Gasteiger partial charge in [-0.15, -0.1) is 0 Å². The second-order valence-electron chi connectivity index (χ2n) is 19.0. The second kappa shape index (κ2) is 18.9. The van der Waals surface area contributed by atoms with Crippen LogP contribution in [0.4, 0.5) is 25.4 Å². The van der Waals surface area contributed by atoms with Gasteiger partial charge in [-0.3, -0.25) is 19.8 Å². The van der Waals surface area contributed by atoms with Crippen molar-refractivity contribution in [2.24, 2.45) is 17.3 Å². The van der Waals surface area contributed by atoms with Crippen LogP contribution in [0.3, 0.4) is 0 Å². The average Bonchev–Trinajstić information content (AvgIpc) is 3.98. The Labute approximate surface area is 385 Å². The highest BCUT2D eigenvalue weighted by atomic mass is 19.1. The number of aromatic amines is 1. The molecule has 15 heteroatoms. The minimum Gasteiger partial charge on any atom is -0.495 e. The molecule has 0 aliphatic carbocycles. The van der Waals surface area contributed by atoms with E-state index in [2.05, 4.69) is 75.0 Å². The van der Waals surface area contributed by atoms with Crippen molar-refractivity contribution < 1.29 is 28.3 Å². The van der Waals surface area contributed by atoms with Crippen LogP contribution in [0.15, 0.2) is 67.0 Å². The number of methoxy groups -OCH3 is 1. The first kappa shape index (κ1) is 44.8. The molecule has 6 heterocycles. The lowest BCUT2D eigenvalue weighted by Crippen LogP contribution is -2.50. The number of piperidine rings is 2. The van der Waals surface area contributed by atoms with Gasteiger partial charge in [0.25, 0.3) is 5.91 Å². The minimum atomic E-state index is -0.516. The first-order valence-corrected chi connectivity index (χ1v) is 23.3. The molecule has 0 unspecified atom stereocenters. The number of imide groups is 1. The summed E-state index contributed by atoms with van der Waals surface area (Å²) in [5.74, 6) is 0.549. The van der Waals surface area contributed by atoms with E-state index < -0.39 is 11.8 Å². The molecule has 5 aromatic rings. The molecular weight excluding hydrogens is 838 g/mol. The number of hydrogen-bond donors (Lipinski definition) is 3. The summed E-state index contributed by atoms with van der Waals surface area (Å²) >= 11 is 0. The number of amides is 6. The summed E-state index contributed by atoms with van der Waals surface area (Å²) in [4.78, 5) is 71.6. The fraction of sp³-hybridized carbons (Fsp3) is 0.431. The molecule has 345 valence electrons. The molecule has 1 spiro atoms. The molecule has 2 aromatic heterocycles. The Morgan fingerprint density at radius 2 is 1.70 bits per heavy atom. The van der Waals surface area contributed by atoms with Crippen LogP contribution in [0.2, 0.25) is 0 Å². The van der Waals surface area contributed by atoms with E-state index in [9.17, 15) is 19.2 Å². The lowest BCUT2D eigenvalue weighted by Gasteiger charge is -2.47. The van der Waals surface area contributed by atoms with E-state index in [4.69, 9.17) is 4.74 Å². The zero-order valence-electron chi connectivity index (χ0n) is 38.3. The maximum Gasteiger partial charge on any atom is 0.328 e. The van der Waals surface area contributed by atoms with Crippen LogP contribution in [0.25, 0.3) is 33.5 Å². The van der Waals surface area contributed by atoms with Gasteiger partial charge in [0.1, 0.15) is 23.5 Å². The summed E-state index contributed by atoms with van der Waals surface area (Å²) in [7, 11) is 1.52. The minimum absolute atomic E-state index is 0.0589. The number of carbonyl (C=O) groups excluding carboxylic acids is 4. The number of rotatable bonds is 11. The predicted octanol–water partition coefficient (Wildman–Crippen LogP) is 8.47. The topological polar surface area (TPSA) is 156 Å². The third kappa shape index (κ3) is 9.49. The maximum absolute atomic E-state index is 15.2. The third-order valence-corrected chi connectivity index (χ3v) is 14.3. The second-order valence-corrected chi connectivity index (χ2v) is 19.0. The van der Waals surface area contributed by atoms with E-state index in [0.717, 1.165) is 80.4 Å². The number of hydrogen-bond acceptors (Lipinski definition) is 8. The molecule has 3 aromatic carbocycles. The molecule has 66 heavy (non-hydrogen) atoms. The molecule has 0 bridgehead atoms. The Morgan fingerprint density at radius 3 is 2.42 bits per heavy atom. The van der Waals surface area contributed by atoms with E-state index in [0.29, 0.717) is 77.6 Å². The van der Waals surface area contributed by atoms with E-state index in [1.807, 2.05) is 17.9 Å². The summed E-state index contributed by atoms with van der Waals surface area (Å²) in [5.41, 5.74) is 7.35. The Bertz CT molecular complexity index is 2630. The van der Waals surface area contributed by atoms with Gasteiger partial charge in [-0.2, -0.15) is 0 Å². The molecule has 0 saturated carbocycles. The molecule has 4 aliphatic rings. The Kier molecular flexibility index (Phi) is 12.8. The Hall–Kier alpha value is -6.35. The van der Waals surface area contributed by atoms with Gasteiger partial charge in [-0.25, -0.2) is 23.9 Å². The van der Waals surface area contributed by atoms with Crippen LogP contribution in [0, 0.1) is 36.4 Å². The number of nitrogens with one attached hydrogen (secondary N) is 3. The number of likely N-dealkylation sites (tertiary alicyclic amines) is 3. The van der Waals surface area contributed by atoms with Crippen LogP contribution in [-0.4, -0.2) is 113 Å². The number of carbonyl (C=O) groups is 4. The quantitative estimate of drug-likeness (QED) is 0.119. The van der Waals surface area contributed by atoms with Crippen molar-refractivity contribution in [3.8, 4) is 28.3 Å². The van der Waals surface area contributed by atoms with E-state index >= 15 is 4.39 Å². The highest BCUT2D eigenvalue weighted by Crippen LogP contribution is 2.42. The highest BCUT2D eigenvalue weighted by Gasteiger charge is 2.39. The number of anilines is 2. The van der Waals surface area contributed by atoms with Crippen LogP contribution < -0.4 is 20.3 Å². The van der Waals surface area contributed by atoms with E-state index in [-0.39, 0.29) is 36.2 Å². The molecule has 4 aliphatic heterocycles. The summed E-state index contributed by atoms with van der Waals surface area (Å²) in [6.07, 6.45) is 9.97. The maximum atomic E-state index is 15.2. The number of fused-ring (bicyclic) bond motifs is 1. The normalized spacial score (nSPS) is 18.9. The number of ether oxygens (including phenoxy) is 1. The van der Waals surface area contributed by atoms with Crippen LogP contribution in [0.5, 0.6) is 5.75 Å². The number of H-pyrrole nitrogens is 1. The van der Waals surface area contributed by atoms with Crippen molar-refractivity contribution in [3.63, 3.8) is 0 Å². The molecule has 4 fully saturated rings. The van der Waals surface area contributed by atoms with Gasteiger partial charge in [0.15, 0.2) is 0 Å². The predicted molar refractivity (Wildman–Crippen MR) is 253 cm³/mol. The fourth-order valence-electron chi connectivity index (χ4n) is 10.3. The van der Waals surface area contributed by atoms with Crippen LogP contribution >= 0.6 is 0 Å². The molecular formula is C51H59FN9O5.